The fourth-order valence-corrected chi connectivity index (χ4v) is 3.78. The van der Waals surface area contributed by atoms with E-state index in [1.165, 1.54) is 18.3 Å². The number of aliphatic hydroxyl groups excluding tert-OH is 1. The van der Waals surface area contributed by atoms with Gasteiger partial charge in [-0.1, -0.05) is 0 Å². The molecular formula is C23H25N3O6S. The van der Waals surface area contributed by atoms with Gasteiger partial charge in [0.15, 0.2) is 14.9 Å². The van der Waals surface area contributed by atoms with Crippen LogP contribution < -0.4 is 9.47 Å². The standard InChI is InChI=1S/C23H25N3O6S/c1-14-13-30-23(25-14)21-6-5-20(26-21)16-8-18(31-15(2)12-27)10-19(9-16)32-17-4-7-22(24-11-17)33(3,28)29/h4-11,14-15,26-27H,12-13H2,1-3H3/t14-,15+/m1/s1. The molecule has 0 amide bonds. The molecule has 1 aliphatic heterocycles. The third kappa shape index (κ3) is 5.52. The molecule has 0 fully saturated rings. The van der Waals surface area contributed by atoms with Gasteiger partial charge in [0.25, 0.3) is 0 Å². The lowest BCUT2D eigenvalue weighted by atomic mass is 10.1. The summed E-state index contributed by atoms with van der Waals surface area (Å²) in [6, 6.07) is 12.2. The molecule has 0 saturated heterocycles. The Kier molecular flexibility index (Phi) is 6.39. The number of nitrogens with one attached hydrogen (secondary N) is 1. The van der Waals surface area contributed by atoms with E-state index in [-0.39, 0.29) is 17.7 Å². The summed E-state index contributed by atoms with van der Waals surface area (Å²) in [5, 5.41) is 9.35. The molecule has 3 aromatic rings. The molecule has 9 nitrogen and oxygen atoms in total. The van der Waals surface area contributed by atoms with E-state index in [1.807, 2.05) is 31.2 Å². The highest BCUT2D eigenvalue weighted by molar-refractivity contribution is 7.90. The highest BCUT2D eigenvalue weighted by atomic mass is 32.2. The summed E-state index contributed by atoms with van der Waals surface area (Å²) in [5.41, 5.74) is 2.35. The normalized spacial score (nSPS) is 16.7. The van der Waals surface area contributed by atoms with Crippen molar-refractivity contribution in [1.29, 1.82) is 0 Å². The molecule has 2 aromatic heterocycles. The van der Waals surface area contributed by atoms with Crippen LogP contribution in [0.4, 0.5) is 0 Å². The average Bonchev–Trinajstić information content (AvgIpc) is 3.42. The lowest BCUT2D eigenvalue weighted by molar-refractivity contribution is 0.129. The zero-order chi connectivity index (χ0) is 23.6. The van der Waals surface area contributed by atoms with Gasteiger partial charge in [0.2, 0.25) is 5.90 Å². The largest absolute Gasteiger partial charge is 0.488 e. The van der Waals surface area contributed by atoms with Gasteiger partial charge in [0, 0.05) is 23.6 Å². The van der Waals surface area contributed by atoms with Gasteiger partial charge in [-0.25, -0.2) is 18.4 Å². The van der Waals surface area contributed by atoms with Crippen molar-refractivity contribution in [2.75, 3.05) is 19.5 Å². The van der Waals surface area contributed by atoms with E-state index >= 15 is 0 Å². The molecule has 0 saturated carbocycles. The molecule has 0 bridgehead atoms. The zero-order valence-electron chi connectivity index (χ0n) is 18.5. The lowest BCUT2D eigenvalue weighted by Crippen LogP contribution is -2.16. The third-order valence-electron chi connectivity index (χ3n) is 4.83. The highest BCUT2D eigenvalue weighted by Gasteiger charge is 2.18. The van der Waals surface area contributed by atoms with Gasteiger partial charge in [-0.15, -0.1) is 0 Å². The van der Waals surface area contributed by atoms with E-state index < -0.39 is 15.9 Å². The van der Waals surface area contributed by atoms with E-state index in [0.29, 0.717) is 29.8 Å². The zero-order valence-corrected chi connectivity index (χ0v) is 19.3. The smallest absolute Gasteiger partial charge is 0.233 e. The summed E-state index contributed by atoms with van der Waals surface area (Å²) in [7, 11) is -3.40. The van der Waals surface area contributed by atoms with Crippen LogP contribution in [-0.4, -0.2) is 61.0 Å². The first kappa shape index (κ1) is 22.8. The minimum Gasteiger partial charge on any atom is -0.488 e. The third-order valence-corrected chi connectivity index (χ3v) is 5.83. The van der Waals surface area contributed by atoms with Gasteiger partial charge in [-0.3, -0.25) is 0 Å². The second-order valence-corrected chi connectivity index (χ2v) is 9.85. The van der Waals surface area contributed by atoms with Crippen LogP contribution >= 0.6 is 0 Å². The van der Waals surface area contributed by atoms with E-state index in [4.69, 9.17) is 14.2 Å². The Morgan fingerprint density at radius 1 is 1.15 bits per heavy atom. The number of sulfone groups is 1. The maximum atomic E-state index is 11.6. The van der Waals surface area contributed by atoms with Crippen molar-refractivity contribution in [1.82, 2.24) is 9.97 Å². The fraction of sp³-hybridized carbons (Fsp3) is 0.304. The number of aromatic nitrogens is 2. The van der Waals surface area contributed by atoms with Gasteiger partial charge in [-0.05, 0) is 50.2 Å². The topological polar surface area (TPSA) is 123 Å². The Morgan fingerprint density at radius 2 is 1.91 bits per heavy atom. The summed E-state index contributed by atoms with van der Waals surface area (Å²) in [4.78, 5) is 11.7. The van der Waals surface area contributed by atoms with E-state index in [1.54, 1.807) is 13.0 Å². The Labute approximate surface area is 192 Å². The number of pyridine rings is 1. The minimum atomic E-state index is -3.40. The summed E-state index contributed by atoms with van der Waals surface area (Å²) < 4.78 is 40.6. The molecule has 2 N–H and O–H groups in total. The van der Waals surface area contributed by atoms with Gasteiger partial charge in [0.05, 0.1) is 18.8 Å². The molecular weight excluding hydrogens is 446 g/mol. The SMILES string of the molecule is C[C@@H]1COC(c2ccc(-c3cc(Oc4ccc(S(C)(=O)=O)nc4)cc(O[C@@H](C)CO)c3)[nH]2)=N1. The molecule has 33 heavy (non-hydrogen) atoms. The summed E-state index contributed by atoms with van der Waals surface area (Å²) >= 11 is 0. The number of rotatable bonds is 8. The minimum absolute atomic E-state index is 0.0327. The van der Waals surface area contributed by atoms with Crippen molar-refractivity contribution >= 4 is 15.7 Å². The molecule has 0 unspecified atom stereocenters. The Hall–Kier alpha value is -3.37. The number of hydrogen-bond acceptors (Lipinski definition) is 8. The molecule has 0 radical (unpaired) electrons. The quantitative estimate of drug-likeness (QED) is 0.517. The maximum absolute atomic E-state index is 11.6. The van der Waals surface area contributed by atoms with E-state index in [2.05, 4.69) is 15.0 Å². The average molecular weight is 472 g/mol. The number of benzene rings is 1. The molecule has 1 aromatic carbocycles. The van der Waals surface area contributed by atoms with Gasteiger partial charge < -0.3 is 24.3 Å². The number of nitrogens with zero attached hydrogens (tertiary/aromatic N) is 2. The molecule has 4 rings (SSSR count). The van der Waals surface area contributed by atoms with Crippen LogP contribution in [0.3, 0.4) is 0 Å². The molecule has 10 heteroatoms. The van der Waals surface area contributed by atoms with Crippen molar-refractivity contribution in [3.05, 3.63) is 54.4 Å². The predicted molar refractivity (Wildman–Crippen MR) is 123 cm³/mol. The molecule has 2 atom stereocenters. The van der Waals surface area contributed by atoms with Gasteiger partial charge in [-0.2, -0.15) is 0 Å². The maximum Gasteiger partial charge on any atom is 0.233 e. The number of aromatic amines is 1. The van der Waals surface area contributed by atoms with Crippen molar-refractivity contribution < 1.29 is 27.7 Å². The van der Waals surface area contributed by atoms with Crippen LogP contribution in [0, 0.1) is 0 Å². The Balaban J connectivity index is 1.65. The number of hydrogen-bond donors (Lipinski definition) is 2. The second kappa shape index (κ2) is 9.24. The lowest BCUT2D eigenvalue weighted by Gasteiger charge is -2.15. The summed E-state index contributed by atoms with van der Waals surface area (Å²) in [5.74, 6) is 1.91. The van der Waals surface area contributed by atoms with E-state index in [9.17, 15) is 13.5 Å². The van der Waals surface area contributed by atoms with Crippen molar-refractivity contribution in [3.8, 4) is 28.5 Å². The van der Waals surface area contributed by atoms with Gasteiger partial charge >= 0.3 is 0 Å². The van der Waals surface area contributed by atoms with Gasteiger partial charge in [0.1, 0.15) is 35.7 Å². The van der Waals surface area contributed by atoms with Crippen LogP contribution in [-0.2, 0) is 14.6 Å². The second-order valence-electron chi connectivity index (χ2n) is 7.89. The summed E-state index contributed by atoms with van der Waals surface area (Å²) in [6.45, 7) is 4.15. The molecule has 1 aliphatic rings. The van der Waals surface area contributed by atoms with Crippen molar-refractivity contribution in [3.63, 3.8) is 0 Å². The van der Waals surface area contributed by atoms with Crippen LogP contribution in [0.2, 0.25) is 0 Å². The van der Waals surface area contributed by atoms with Crippen molar-refractivity contribution in [2.45, 2.75) is 31.0 Å². The molecule has 0 spiro atoms. The van der Waals surface area contributed by atoms with Crippen LogP contribution in [0.15, 0.2) is 58.7 Å². The molecule has 0 aliphatic carbocycles. The van der Waals surface area contributed by atoms with Crippen LogP contribution in [0.5, 0.6) is 17.2 Å². The van der Waals surface area contributed by atoms with Crippen LogP contribution in [0.1, 0.15) is 19.5 Å². The number of ether oxygens (including phenoxy) is 3. The number of aliphatic hydroxyl groups is 1. The number of H-pyrrole nitrogens is 1. The Morgan fingerprint density at radius 3 is 2.55 bits per heavy atom. The van der Waals surface area contributed by atoms with E-state index in [0.717, 1.165) is 23.2 Å². The first-order valence-corrected chi connectivity index (χ1v) is 12.3. The fourth-order valence-electron chi connectivity index (χ4n) is 3.22. The summed E-state index contributed by atoms with van der Waals surface area (Å²) in [6.07, 6.45) is 2.04. The Bertz CT molecular complexity index is 1270. The molecule has 3 heterocycles. The van der Waals surface area contributed by atoms with Crippen molar-refractivity contribution in [2.24, 2.45) is 4.99 Å². The molecule has 174 valence electrons. The predicted octanol–water partition coefficient (Wildman–Crippen LogP) is 3.20. The van der Waals surface area contributed by atoms with Crippen LogP contribution in [0.25, 0.3) is 11.3 Å². The first-order valence-electron chi connectivity index (χ1n) is 10.4. The number of aliphatic imine (C=N–C) groups is 1. The monoisotopic (exact) mass is 471 g/mol. The highest BCUT2D eigenvalue weighted by Crippen LogP contribution is 2.33. The first-order chi connectivity index (χ1) is 15.7.